The molecule has 0 aliphatic carbocycles. The maximum Gasteiger partial charge on any atom is 0.253 e. The predicted octanol–water partition coefficient (Wildman–Crippen LogP) is 2.33. The topological polar surface area (TPSA) is 59.7 Å². The van der Waals surface area contributed by atoms with Crippen molar-refractivity contribution >= 4 is 22.7 Å². The van der Waals surface area contributed by atoms with Gasteiger partial charge in [-0.1, -0.05) is 0 Å². The molecule has 2 aromatic rings. The molecule has 5 rings (SSSR count). The Morgan fingerprint density at radius 3 is 2.68 bits per heavy atom. The largest absolute Gasteiger partial charge is 0.361 e. The summed E-state index contributed by atoms with van der Waals surface area (Å²) in [6.07, 6.45) is 6.36. The molecule has 1 unspecified atom stereocenters. The molecule has 3 fully saturated rings. The van der Waals surface area contributed by atoms with Gasteiger partial charge in [0, 0.05) is 60.8 Å². The Balaban J connectivity index is 1.24. The van der Waals surface area contributed by atoms with Crippen LogP contribution < -0.4 is 0 Å². The van der Waals surface area contributed by atoms with Gasteiger partial charge in [-0.05, 0) is 56.5 Å². The molecule has 2 amide bonds. The Hall–Kier alpha value is -2.34. The van der Waals surface area contributed by atoms with Gasteiger partial charge in [0.25, 0.3) is 5.91 Å². The molecule has 3 aliphatic heterocycles. The number of rotatable bonds is 3. The molecule has 0 saturated carbocycles. The molecule has 1 aromatic heterocycles. The molecular formula is C22H28N4O2. The van der Waals surface area contributed by atoms with Crippen LogP contribution in [0.1, 0.15) is 36.0 Å². The first-order chi connectivity index (χ1) is 13.6. The zero-order valence-corrected chi connectivity index (χ0v) is 16.3. The average molecular weight is 380 g/mol. The lowest BCUT2D eigenvalue weighted by molar-refractivity contribution is -0.136. The first-order valence-corrected chi connectivity index (χ1v) is 10.5. The van der Waals surface area contributed by atoms with Crippen molar-refractivity contribution in [3.05, 3.63) is 36.0 Å². The second kappa shape index (κ2) is 6.92. The van der Waals surface area contributed by atoms with Crippen molar-refractivity contribution in [2.24, 2.45) is 5.41 Å². The molecular weight excluding hydrogens is 352 g/mol. The normalized spacial score (nSPS) is 25.4. The SMILES string of the molecule is O=C(CN1CCCC2(CCN(C(=O)c3ccc4[nH]ccc4c3)C2)C1)N1CCC1. The highest BCUT2D eigenvalue weighted by atomic mass is 16.2. The first kappa shape index (κ1) is 17.7. The molecule has 3 saturated heterocycles. The van der Waals surface area contributed by atoms with Crippen LogP contribution in [0.3, 0.4) is 0 Å². The van der Waals surface area contributed by atoms with E-state index in [1.807, 2.05) is 40.3 Å². The number of aromatic amines is 1. The third-order valence-corrected chi connectivity index (χ3v) is 6.83. The van der Waals surface area contributed by atoms with Gasteiger partial charge in [0.1, 0.15) is 0 Å². The lowest BCUT2D eigenvalue weighted by Gasteiger charge is -2.41. The zero-order valence-electron chi connectivity index (χ0n) is 16.3. The van der Waals surface area contributed by atoms with Gasteiger partial charge in [-0.3, -0.25) is 14.5 Å². The van der Waals surface area contributed by atoms with Crippen LogP contribution in [0.4, 0.5) is 0 Å². The second-order valence-electron chi connectivity index (χ2n) is 8.80. The van der Waals surface area contributed by atoms with Crippen LogP contribution in [-0.2, 0) is 4.79 Å². The van der Waals surface area contributed by atoms with Gasteiger partial charge in [0.15, 0.2) is 0 Å². The van der Waals surface area contributed by atoms with E-state index in [1.54, 1.807) is 0 Å². The van der Waals surface area contributed by atoms with Crippen molar-refractivity contribution < 1.29 is 9.59 Å². The number of carbonyl (C=O) groups excluding carboxylic acids is 2. The lowest BCUT2D eigenvalue weighted by Crippen LogP contribution is -2.51. The molecule has 1 aromatic carbocycles. The van der Waals surface area contributed by atoms with E-state index in [2.05, 4.69) is 9.88 Å². The minimum Gasteiger partial charge on any atom is -0.361 e. The number of carbonyl (C=O) groups is 2. The third kappa shape index (κ3) is 3.20. The van der Waals surface area contributed by atoms with E-state index in [4.69, 9.17) is 0 Å². The molecule has 6 heteroatoms. The molecule has 6 nitrogen and oxygen atoms in total. The number of benzene rings is 1. The first-order valence-electron chi connectivity index (χ1n) is 10.5. The van der Waals surface area contributed by atoms with E-state index in [9.17, 15) is 9.59 Å². The van der Waals surface area contributed by atoms with E-state index >= 15 is 0 Å². The van der Waals surface area contributed by atoms with E-state index in [0.717, 1.165) is 81.4 Å². The minimum absolute atomic E-state index is 0.133. The van der Waals surface area contributed by atoms with E-state index in [-0.39, 0.29) is 17.2 Å². The van der Waals surface area contributed by atoms with Crippen LogP contribution in [0, 0.1) is 5.41 Å². The van der Waals surface area contributed by atoms with Crippen molar-refractivity contribution in [1.29, 1.82) is 0 Å². The van der Waals surface area contributed by atoms with Crippen LogP contribution in [0.2, 0.25) is 0 Å². The lowest BCUT2D eigenvalue weighted by atomic mass is 9.79. The summed E-state index contributed by atoms with van der Waals surface area (Å²) in [4.78, 5) is 34.9. The van der Waals surface area contributed by atoms with Crippen LogP contribution in [0.15, 0.2) is 30.5 Å². The quantitative estimate of drug-likeness (QED) is 0.889. The maximum atomic E-state index is 13.1. The van der Waals surface area contributed by atoms with Gasteiger partial charge in [0.2, 0.25) is 5.91 Å². The van der Waals surface area contributed by atoms with E-state index in [0.29, 0.717) is 6.54 Å². The summed E-state index contributed by atoms with van der Waals surface area (Å²) in [5.41, 5.74) is 1.98. The summed E-state index contributed by atoms with van der Waals surface area (Å²) < 4.78 is 0. The van der Waals surface area contributed by atoms with E-state index in [1.165, 1.54) is 0 Å². The molecule has 3 aliphatic rings. The van der Waals surface area contributed by atoms with Crippen molar-refractivity contribution in [2.75, 3.05) is 45.8 Å². The summed E-state index contributed by atoms with van der Waals surface area (Å²) in [7, 11) is 0. The minimum atomic E-state index is 0.133. The monoisotopic (exact) mass is 380 g/mol. The highest BCUT2D eigenvalue weighted by Gasteiger charge is 2.43. The van der Waals surface area contributed by atoms with Gasteiger partial charge in [0.05, 0.1) is 6.54 Å². The summed E-state index contributed by atoms with van der Waals surface area (Å²) in [6.45, 7) is 5.95. The van der Waals surface area contributed by atoms with Gasteiger partial charge in [-0.2, -0.15) is 0 Å². The Morgan fingerprint density at radius 2 is 1.86 bits per heavy atom. The standard InChI is InChI=1S/C22H28N4O2/c27-20(25-10-2-11-25)14-24-9-1-6-22(15-24)7-12-26(16-22)21(28)18-3-4-19-17(13-18)5-8-23-19/h3-5,8,13,23H,1-2,6-7,9-12,14-16H2. The number of likely N-dealkylation sites (tertiary alicyclic amines) is 3. The molecule has 1 spiro atoms. The summed E-state index contributed by atoms with van der Waals surface area (Å²) in [5, 5.41) is 1.08. The van der Waals surface area contributed by atoms with Gasteiger partial charge in [-0.25, -0.2) is 0 Å². The van der Waals surface area contributed by atoms with E-state index < -0.39 is 0 Å². The average Bonchev–Trinajstić information content (AvgIpc) is 3.26. The molecule has 4 heterocycles. The molecule has 0 radical (unpaired) electrons. The van der Waals surface area contributed by atoms with Crippen molar-refractivity contribution in [2.45, 2.75) is 25.7 Å². The van der Waals surface area contributed by atoms with Crippen LogP contribution in [0.25, 0.3) is 10.9 Å². The molecule has 0 bridgehead atoms. The Labute approximate surface area is 165 Å². The second-order valence-corrected chi connectivity index (χ2v) is 8.80. The Kier molecular flexibility index (Phi) is 4.38. The van der Waals surface area contributed by atoms with Crippen LogP contribution >= 0.6 is 0 Å². The highest BCUT2D eigenvalue weighted by Crippen LogP contribution is 2.39. The number of piperidine rings is 1. The van der Waals surface area contributed by atoms with Crippen molar-refractivity contribution in [3.63, 3.8) is 0 Å². The summed E-state index contributed by atoms with van der Waals surface area (Å²) in [6, 6.07) is 7.90. The third-order valence-electron chi connectivity index (χ3n) is 6.83. The maximum absolute atomic E-state index is 13.1. The number of nitrogens with zero attached hydrogens (tertiary/aromatic N) is 3. The fraction of sp³-hybridized carbons (Fsp3) is 0.545. The van der Waals surface area contributed by atoms with Gasteiger partial charge in [-0.15, -0.1) is 0 Å². The predicted molar refractivity (Wildman–Crippen MR) is 108 cm³/mol. The fourth-order valence-electron chi connectivity index (χ4n) is 5.11. The van der Waals surface area contributed by atoms with Crippen LogP contribution in [0.5, 0.6) is 0 Å². The molecule has 148 valence electrons. The smallest absolute Gasteiger partial charge is 0.253 e. The number of H-pyrrole nitrogens is 1. The molecule has 28 heavy (non-hydrogen) atoms. The number of hydrogen-bond acceptors (Lipinski definition) is 3. The molecule has 1 N–H and O–H groups in total. The van der Waals surface area contributed by atoms with Crippen LogP contribution in [-0.4, -0.2) is 77.3 Å². The summed E-state index contributed by atoms with van der Waals surface area (Å²) >= 11 is 0. The van der Waals surface area contributed by atoms with Crippen molar-refractivity contribution in [3.8, 4) is 0 Å². The van der Waals surface area contributed by atoms with Gasteiger partial charge < -0.3 is 14.8 Å². The van der Waals surface area contributed by atoms with Crippen molar-refractivity contribution in [1.82, 2.24) is 19.7 Å². The Morgan fingerprint density at radius 1 is 0.964 bits per heavy atom. The number of nitrogens with one attached hydrogen (secondary N) is 1. The number of amides is 2. The summed E-state index contributed by atoms with van der Waals surface area (Å²) in [5.74, 6) is 0.405. The number of fused-ring (bicyclic) bond motifs is 1. The van der Waals surface area contributed by atoms with Gasteiger partial charge >= 0.3 is 0 Å². The Bertz CT molecular complexity index is 903. The fourth-order valence-corrected chi connectivity index (χ4v) is 5.11. The molecule has 1 atom stereocenters. The highest BCUT2D eigenvalue weighted by molar-refractivity contribution is 5.98. The number of hydrogen-bond donors (Lipinski definition) is 1. The zero-order chi connectivity index (χ0) is 19.1. The number of aromatic nitrogens is 1.